The lowest BCUT2D eigenvalue weighted by molar-refractivity contribution is 0.340. The second-order valence-electron chi connectivity index (χ2n) is 5.94. The number of hydrogen-bond donors (Lipinski definition) is 2. The zero-order chi connectivity index (χ0) is 13.2. The first-order chi connectivity index (χ1) is 9.26. The standard InChI is InChI=1S/C16H24N2O/c1-2-19-15-8-13(17)7-14(9-15)18-10-16(11-3-4-11)12-5-6-12/h7-9,11-12,16,18H,2-6,10,17H2,1H3. The average Bonchev–Trinajstić information content (AvgIpc) is 3.24. The molecule has 3 heteroatoms. The van der Waals surface area contributed by atoms with E-state index < -0.39 is 0 Å². The third-order valence-electron chi connectivity index (χ3n) is 4.24. The Morgan fingerprint density at radius 2 is 1.89 bits per heavy atom. The van der Waals surface area contributed by atoms with Crippen LogP contribution in [0.4, 0.5) is 11.4 Å². The second-order valence-corrected chi connectivity index (χ2v) is 5.94. The highest BCUT2D eigenvalue weighted by molar-refractivity contribution is 5.59. The molecule has 0 radical (unpaired) electrons. The summed E-state index contributed by atoms with van der Waals surface area (Å²) in [5.74, 6) is 3.69. The van der Waals surface area contributed by atoms with Gasteiger partial charge in [0, 0.05) is 30.1 Å². The van der Waals surface area contributed by atoms with Crippen molar-refractivity contribution in [3.8, 4) is 5.75 Å². The minimum absolute atomic E-state index is 0.676. The van der Waals surface area contributed by atoms with E-state index in [1.165, 1.54) is 25.7 Å². The third kappa shape index (κ3) is 3.34. The topological polar surface area (TPSA) is 47.3 Å². The summed E-state index contributed by atoms with van der Waals surface area (Å²) in [4.78, 5) is 0. The number of benzene rings is 1. The van der Waals surface area contributed by atoms with E-state index in [9.17, 15) is 0 Å². The van der Waals surface area contributed by atoms with Crippen LogP contribution in [0.3, 0.4) is 0 Å². The summed E-state index contributed by atoms with van der Waals surface area (Å²) in [7, 11) is 0. The molecule has 3 nitrogen and oxygen atoms in total. The molecule has 2 saturated carbocycles. The number of anilines is 2. The van der Waals surface area contributed by atoms with Crippen molar-refractivity contribution in [1.82, 2.24) is 0 Å². The fourth-order valence-corrected chi connectivity index (χ4v) is 2.98. The number of nitrogens with one attached hydrogen (secondary N) is 1. The third-order valence-corrected chi connectivity index (χ3v) is 4.24. The van der Waals surface area contributed by atoms with Gasteiger partial charge in [0.1, 0.15) is 5.75 Å². The number of rotatable bonds is 7. The summed E-state index contributed by atoms with van der Waals surface area (Å²) in [6.45, 7) is 3.76. The van der Waals surface area contributed by atoms with Crippen molar-refractivity contribution in [2.75, 3.05) is 24.2 Å². The second kappa shape index (κ2) is 5.32. The van der Waals surface area contributed by atoms with E-state index in [0.29, 0.717) is 6.61 Å². The summed E-state index contributed by atoms with van der Waals surface area (Å²) in [5.41, 5.74) is 7.78. The summed E-state index contributed by atoms with van der Waals surface area (Å²) < 4.78 is 5.53. The summed E-state index contributed by atoms with van der Waals surface area (Å²) in [6, 6.07) is 5.93. The molecule has 104 valence electrons. The molecular weight excluding hydrogens is 236 g/mol. The van der Waals surface area contributed by atoms with Gasteiger partial charge in [-0.1, -0.05) is 0 Å². The van der Waals surface area contributed by atoms with Crippen LogP contribution in [0.25, 0.3) is 0 Å². The molecule has 19 heavy (non-hydrogen) atoms. The van der Waals surface area contributed by atoms with Gasteiger partial charge in [0.2, 0.25) is 0 Å². The molecule has 0 unspecified atom stereocenters. The highest BCUT2D eigenvalue weighted by atomic mass is 16.5. The van der Waals surface area contributed by atoms with Crippen LogP contribution < -0.4 is 15.8 Å². The van der Waals surface area contributed by atoms with Crippen LogP contribution in [0.1, 0.15) is 32.6 Å². The van der Waals surface area contributed by atoms with E-state index in [1.807, 2.05) is 19.1 Å². The van der Waals surface area contributed by atoms with Crippen LogP contribution >= 0.6 is 0 Å². The number of ether oxygens (including phenoxy) is 1. The van der Waals surface area contributed by atoms with E-state index in [0.717, 1.165) is 41.4 Å². The Kier molecular flexibility index (Phi) is 3.54. The number of nitrogen functional groups attached to an aromatic ring is 1. The Balaban J connectivity index is 1.61. The van der Waals surface area contributed by atoms with Crippen molar-refractivity contribution < 1.29 is 4.74 Å². The predicted octanol–water partition coefficient (Wildman–Crippen LogP) is 3.52. The molecule has 0 spiro atoms. The Bertz CT molecular complexity index is 426. The molecule has 0 atom stereocenters. The van der Waals surface area contributed by atoms with Gasteiger partial charge in [-0.2, -0.15) is 0 Å². The van der Waals surface area contributed by atoms with Crippen LogP contribution in [0.2, 0.25) is 0 Å². The summed E-state index contributed by atoms with van der Waals surface area (Å²) >= 11 is 0. The fourth-order valence-electron chi connectivity index (χ4n) is 2.98. The minimum atomic E-state index is 0.676. The van der Waals surface area contributed by atoms with Crippen molar-refractivity contribution in [1.29, 1.82) is 0 Å². The van der Waals surface area contributed by atoms with E-state index >= 15 is 0 Å². The average molecular weight is 260 g/mol. The van der Waals surface area contributed by atoms with E-state index in [1.54, 1.807) is 0 Å². The van der Waals surface area contributed by atoms with Gasteiger partial charge in [-0.15, -0.1) is 0 Å². The largest absolute Gasteiger partial charge is 0.494 e. The molecule has 0 heterocycles. The fraction of sp³-hybridized carbons (Fsp3) is 0.625. The predicted molar refractivity (Wildman–Crippen MR) is 79.5 cm³/mol. The molecule has 0 bridgehead atoms. The van der Waals surface area contributed by atoms with Gasteiger partial charge in [-0.25, -0.2) is 0 Å². The van der Waals surface area contributed by atoms with Crippen molar-refractivity contribution in [3.63, 3.8) is 0 Å². The normalized spacial score (nSPS) is 18.6. The van der Waals surface area contributed by atoms with Crippen molar-refractivity contribution in [3.05, 3.63) is 18.2 Å². The van der Waals surface area contributed by atoms with Gasteiger partial charge in [-0.3, -0.25) is 0 Å². The van der Waals surface area contributed by atoms with Crippen molar-refractivity contribution in [2.45, 2.75) is 32.6 Å². The molecule has 0 amide bonds. The molecule has 2 aliphatic carbocycles. The lowest BCUT2D eigenvalue weighted by Crippen LogP contribution is -2.18. The van der Waals surface area contributed by atoms with E-state index in [4.69, 9.17) is 10.5 Å². The van der Waals surface area contributed by atoms with Crippen molar-refractivity contribution >= 4 is 11.4 Å². The highest BCUT2D eigenvalue weighted by Crippen LogP contribution is 2.49. The summed E-state index contributed by atoms with van der Waals surface area (Å²) in [6.07, 6.45) is 5.74. The molecule has 0 saturated heterocycles. The van der Waals surface area contributed by atoms with Gasteiger partial charge >= 0.3 is 0 Å². The van der Waals surface area contributed by atoms with Crippen LogP contribution in [0, 0.1) is 17.8 Å². The molecule has 2 aliphatic rings. The Hall–Kier alpha value is -1.38. The van der Waals surface area contributed by atoms with E-state index in [2.05, 4.69) is 11.4 Å². The Labute approximate surface area is 115 Å². The Morgan fingerprint density at radius 3 is 2.47 bits per heavy atom. The molecule has 3 rings (SSSR count). The zero-order valence-corrected chi connectivity index (χ0v) is 11.7. The van der Waals surface area contributed by atoms with Gasteiger partial charge in [-0.05, 0) is 56.4 Å². The van der Waals surface area contributed by atoms with Gasteiger partial charge in [0.15, 0.2) is 0 Å². The lowest BCUT2D eigenvalue weighted by atomic mass is 9.98. The molecule has 3 N–H and O–H groups in total. The van der Waals surface area contributed by atoms with Gasteiger partial charge < -0.3 is 15.8 Å². The first kappa shape index (κ1) is 12.6. The van der Waals surface area contributed by atoms with Crippen LogP contribution in [0.5, 0.6) is 5.75 Å². The number of nitrogens with two attached hydrogens (primary N) is 1. The smallest absolute Gasteiger partial charge is 0.123 e. The van der Waals surface area contributed by atoms with Crippen LogP contribution in [-0.4, -0.2) is 13.2 Å². The minimum Gasteiger partial charge on any atom is -0.494 e. The van der Waals surface area contributed by atoms with Crippen LogP contribution in [-0.2, 0) is 0 Å². The maximum atomic E-state index is 5.92. The molecule has 2 fully saturated rings. The molecular formula is C16H24N2O. The quantitative estimate of drug-likeness (QED) is 0.737. The molecule has 1 aromatic carbocycles. The van der Waals surface area contributed by atoms with Gasteiger partial charge in [0.05, 0.1) is 6.61 Å². The SMILES string of the molecule is CCOc1cc(N)cc(NCC(C2CC2)C2CC2)c1. The molecule has 0 aromatic heterocycles. The van der Waals surface area contributed by atoms with Crippen LogP contribution in [0.15, 0.2) is 18.2 Å². The van der Waals surface area contributed by atoms with E-state index in [-0.39, 0.29) is 0 Å². The molecule has 1 aromatic rings. The monoisotopic (exact) mass is 260 g/mol. The summed E-state index contributed by atoms with van der Waals surface area (Å²) in [5, 5.41) is 3.57. The Morgan fingerprint density at radius 1 is 1.21 bits per heavy atom. The van der Waals surface area contributed by atoms with Crippen molar-refractivity contribution in [2.24, 2.45) is 17.8 Å². The van der Waals surface area contributed by atoms with Gasteiger partial charge in [0.25, 0.3) is 0 Å². The first-order valence-corrected chi connectivity index (χ1v) is 7.53. The first-order valence-electron chi connectivity index (χ1n) is 7.53. The lowest BCUT2D eigenvalue weighted by Gasteiger charge is -2.18. The maximum Gasteiger partial charge on any atom is 0.123 e. The molecule has 0 aliphatic heterocycles. The number of hydrogen-bond acceptors (Lipinski definition) is 3. The highest BCUT2D eigenvalue weighted by Gasteiger charge is 2.40. The zero-order valence-electron chi connectivity index (χ0n) is 11.7. The maximum absolute atomic E-state index is 5.92.